The van der Waals surface area contributed by atoms with Crippen molar-refractivity contribution in [3.05, 3.63) is 21.6 Å². The highest BCUT2D eigenvalue weighted by atomic mass is 35.5. The number of halogens is 3. The molecular weight excluding hydrogens is 244 g/mol. The fraction of sp³-hybridized carbons (Fsp3) is 0.500. The fourth-order valence-electron chi connectivity index (χ4n) is 1.67. The second kappa shape index (κ2) is 3.58. The maximum absolute atomic E-state index is 13.5. The lowest BCUT2D eigenvalue weighted by atomic mass is 10.1. The number of carbonyl (C=O) groups is 1. The second-order valence-corrected chi connectivity index (χ2v) is 3.79. The molecule has 0 aliphatic carbocycles. The number of alkyl halides is 3. The van der Waals surface area contributed by atoms with Crippen LogP contribution in [0.4, 0.5) is 8.78 Å². The zero-order valence-corrected chi connectivity index (χ0v) is 8.77. The molecule has 1 amide bonds. The van der Waals surface area contributed by atoms with Gasteiger partial charge in [0.2, 0.25) is 5.91 Å². The summed E-state index contributed by atoms with van der Waals surface area (Å²) in [5.74, 6) is -4.25. The number of hydrogen-bond acceptors (Lipinski definition) is 2. The summed E-state index contributed by atoms with van der Waals surface area (Å²) in [6.45, 7) is -0.908. The summed E-state index contributed by atoms with van der Waals surface area (Å²) in [7, 11) is 0. The zero-order valence-electron chi connectivity index (χ0n) is 8.02. The smallest absolute Gasteiger partial charge is 0.306 e. The van der Waals surface area contributed by atoms with Crippen molar-refractivity contribution in [2.45, 2.75) is 12.5 Å². The van der Waals surface area contributed by atoms with Crippen molar-refractivity contribution in [1.29, 1.82) is 0 Å². The molecular formula is C8H8ClF2N3O2. The average molecular weight is 252 g/mol. The molecule has 16 heavy (non-hydrogen) atoms. The van der Waals surface area contributed by atoms with Gasteiger partial charge in [0.15, 0.2) is 0 Å². The molecule has 0 bridgehead atoms. The summed E-state index contributed by atoms with van der Waals surface area (Å²) in [5, 5.41) is 4.22. The average Bonchev–Trinajstić information content (AvgIpc) is 2.59. The summed E-state index contributed by atoms with van der Waals surface area (Å²) in [5.41, 5.74) is -1.20. The van der Waals surface area contributed by atoms with Crippen LogP contribution >= 0.6 is 11.6 Å². The van der Waals surface area contributed by atoms with Gasteiger partial charge in [0.25, 0.3) is 5.56 Å². The largest absolute Gasteiger partial charge is 0.331 e. The predicted molar refractivity (Wildman–Crippen MR) is 51.4 cm³/mol. The van der Waals surface area contributed by atoms with Gasteiger partial charge in [0, 0.05) is 0 Å². The molecule has 0 unspecified atom stereocenters. The minimum atomic E-state index is -3.26. The number of carbonyl (C=O) groups excluding carboxylic acids is 1. The Kier molecular flexibility index (Phi) is 2.49. The van der Waals surface area contributed by atoms with Gasteiger partial charge in [0.1, 0.15) is 11.6 Å². The van der Waals surface area contributed by atoms with Crippen molar-refractivity contribution < 1.29 is 13.6 Å². The van der Waals surface area contributed by atoms with E-state index >= 15 is 0 Å². The lowest BCUT2D eigenvalue weighted by Gasteiger charge is -2.31. The van der Waals surface area contributed by atoms with E-state index in [9.17, 15) is 18.4 Å². The van der Waals surface area contributed by atoms with Crippen LogP contribution in [0.5, 0.6) is 0 Å². The highest BCUT2D eigenvalue weighted by molar-refractivity contribution is 6.27. The number of aromatic amines is 2. The third-order valence-corrected chi connectivity index (χ3v) is 2.68. The summed E-state index contributed by atoms with van der Waals surface area (Å²) in [6.07, 6.45) is 0. The van der Waals surface area contributed by atoms with E-state index in [1.807, 2.05) is 0 Å². The maximum Gasteiger partial charge on any atom is 0.306 e. The molecule has 0 spiro atoms. The van der Waals surface area contributed by atoms with E-state index in [0.717, 1.165) is 4.90 Å². The Balaban J connectivity index is 2.42. The van der Waals surface area contributed by atoms with Gasteiger partial charge in [-0.05, 0) is 0 Å². The van der Waals surface area contributed by atoms with E-state index in [0.29, 0.717) is 0 Å². The third kappa shape index (κ3) is 1.60. The Bertz CT molecular complexity index is 482. The van der Waals surface area contributed by atoms with Crippen LogP contribution in [0.25, 0.3) is 0 Å². The van der Waals surface area contributed by atoms with Gasteiger partial charge in [-0.2, -0.15) is 8.78 Å². The molecule has 0 aromatic carbocycles. The molecule has 0 saturated carbocycles. The molecule has 1 aliphatic rings. The van der Waals surface area contributed by atoms with Gasteiger partial charge in [0.05, 0.1) is 18.7 Å². The minimum Gasteiger partial charge on any atom is -0.331 e. The molecule has 2 N–H and O–H groups in total. The van der Waals surface area contributed by atoms with Crippen LogP contribution in [0.15, 0.2) is 4.79 Å². The first-order valence-electron chi connectivity index (χ1n) is 4.47. The Morgan fingerprint density at radius 1 is 1.50 bits per heavy atom. The van der Waals surface area contributed by atoms with Crippen molar-refractivity contribution in [3.63, 3.8) is 0 Å². The molecule has 1 aromatic rings. The second-order valence-electron chi connectivity index (χ2n) is 3.52. The van der Waals surface area contributed by atoms with Crippen LogP contribution in [-0.2, 0) is 17.3 Å². The molecule has 2 heterocycles. The molecule has 88 valence electrons. The van der Waals surface area contributed by atoms with Gasteiger partial charge >= 0.3 is 5.92 Å². The summed E-state index contributed by atoms with van der Waals surface area (Å²) in [4.78, 5) is 23.3. The number of H-pyrrole nitrogens is 2. The molecule has 8 heteroatoms. The summed E-state index contributed by atoms with van der Waals surface area (Å²) in [6, 6.07) is 0. The summed E-state index contributed by atoms with van der Waals surface area (Å²) < 4.78 is 27.1. The first-order valence-corrected chi connectivity index (χ1v) is 5.00. The molecule has 5 nitrogen and oxygen atoms in total. The van der Waals surface area contributed by atoms with Crippen LogP contribution in [0.2, 0.25) is 0 Å². The normalized spacial score (nSPS) is 18.3. The van der Waals surface area contributed by atoms with Crippen molar-refractivity contribution >= 4 is 17.5 Å². The van der Waals surface area contributed by atoms with Crippen molar-refractivity contribution in [2.75, 3.05) is 12.4 Å². The molecule has 1 aliphatic heterocycles. The number of amides is 1. The highest BCUT2D eigenvalue weighted by Gasteiger charge is 2.44. The Morgan fingerprint density at radius 2 is 2.19 bits per heavy atom. The summed E-state index contributed by atoms with van der Waals surface area (Å²) >= 11 is 5.29. The van der Waals surface area contributed by atoms with E-state index < -0.39 is 29.6 Å². The van der Waals surface area contributed by atoms with Crippen LogP contribution < -0.4 is 5.56 Å². The third-order valence-electron chi connectivity index (χ3n) is 2.45. The monoisotopic (exact) mass is 251 g/mol. The Labute approximate surface area is 93.4 Å². The van der Waals surface area contributed by atoms with E-state index in [1.165, 1.54) is 0 Å². The quantitative estimate of drug-likeness (QED) is 0.709. The highest BCUT2D eigenvalue weighted by Crippen LogP contribution is 2.33. The molecule has 0 fully saturated rings. The topological polar surface area (TPSA) is 69.0 Å². The molecule has 1 aromatic heterocycles. The van der Waals surface area contributed by atoms with E-state index in [1.54, 1.807) is 0 Å². The van der Waals surface area contributed by atoms with Gasteiger partial charge in [-0.3, -0.25) is 19.8 Å². The van der Waals surface area contributed by atoms with E-state index in [2.05, 4.69) is 10.2 Å². The van der Waals surface area contributed by atoms with Crippen LogP contribution in [0.1, 0.15) is 11.3 Å². The maximum atomic E-state index is 13.5. The molecule has 0 saturated heterocycles. The Morgan fingerprint density at radius 3 is 2.81 bits per heavy atom. The fourth-order valence-corrected chi connectivity index (χ4v) is 1.84. The number of nitrogens with one attached hydrogen (secondary N) is 2. The molecule has 0 radical (unpaired) electrons. The number of fused-ring (bicyclic) bond motifs is 1. The van der Waals surface area contributed by atoms with Gasteiger partial charge in [-0.1, -0.05) is 0 Å². The van der Waals surface area contributed by atoms with Crippen molar-refractivity contribution in [2.24, 2.45) is 0 Å². The number of aromatic nitrogens is 2. The van der Waals surface area contributed by atoms with Gasteiger partial charge in [-0.25, -0.2) is 0 Å². The van der Waals surface area contributed by atoms with E-state index in [4.69, 9.17) is 11.6 Å². The SMILES string of the molecule is O=C(CCl)N1Cc2c([nH][nH]c2=O)C(F)(F)C1. The Hall–Kier alpha value is -1.37. The predicted octanol–water partition coefficient (Wildman–Crippen LogP) is 0.376. The number of nitrogens with zero attached hydrogens (tertiary/aromatic N) is 1. The number of rotatable bonds is 1. The lowest BCUT2D eigenvalue weighted by molar-refractivity contribution is -0.137. The van der Waals surface area contributed by atoms with Crippen molar-refractivity contribution in [3.8, 4) is 0 Å². The van der Waals surface area contributed by atoms with Gasteiger partial charge in [-0.15, -0.1) is 11.6 Å². The van der Waals surface area contributed by atoms with Crippen LogP contribution in [0, 0.1) is 0 Å². The lowest BCUT2D eigenvalue weighted by Crippen LogP contribution is -2.45. The standard InChI is InChI=1S/C8H8ClF2N3O2/c9-1-5(15)14-2-4-6(8(10,11)3-14)12-13-7(4)16/h1-3H2,(H2,12,13,16). The minimum absolute atomic E-state index is 0.116. The van der Waals surface area contributed by atoms with Crippen molar-refractivity contribution in [1.82, 2.24) is 15.1 Å². The number of hydrogen-bond donors (Lipinski definition) is 2. The first-order chi connectivity index (χ1) is 7.45. The molecule has 0 atom stereocenters. The van der Waals surface area contributed by atoms with Crippen LogP contribution in [-0.4, -0.2) is 33.4 Å². The zero-order chi connectivity index (χ0) is 11.9. The molecule has 2 rings (SSSR count). The first kappa shape index (κ1) is 11.1. The van der Waals surface area contributed by atoms with Crippen LogP contribution in [0.3, 0.4) is 0 Å². The van der Waals surface area contributed by atoms with Gasteiger partial charge < -0.3 is 4.90 Å². The van der Waals surface area contributed by atoms with E-state index in [-0.39, 0.29) is 18.0 Å².